The molecule has 15 heavy (non-hydrogen) atoms. The molecule has 0 bridgehead atoms. The van der Waals surface area contributed by atoms with Crippen LogP contribution < -0.4 is 0 Å². The van der Waals surface area contributed by atoms with Crippen LogP contribution in [0.5, 0.6) is 0 Å². The largest absolute Gasteiger partial charge is 0.453 e. The topological polar surface area (TPSA) is 26.3 Å². The molecule has 1 atom stereocenters. The molecule has 1 aromatic carbocycles. The van der Waals surface area contributed by atoms with Gasteiger partial charge in [-0.05, 0) is 17.7 Å². The van der Waals surface area contributed by atoms with Crippen LogP contribution in [0.2, 0.25) is 5.02 Å². The Morgan fingerprint density at radius 3 is 2.53 bits per heavy atom. The fourth-order valence-corrected chi connectivity index (χ4v) is 2.60. The minimum absolute atomic E-state index is 0.135. The summed E-state index contributed by atoms with van der Waals surface area (Å²) in [6.45, 7) is 0. The number of benzene rings is 1. The summed E-state index contributed by atoms with van der Waals surface area (Å²) in [6, 6.07) is 7.44. The van der Waals surface area contributed by atoms with Gasteiger partial charge in [0.05, 0.1) is 0 Å². The van der Waals surface area contributed by atoms with E-state index in [0.717, 1.165) is 12.0 Å². The van der Waals surface area contributed by atoms with Crippen molar-refractivity contribution in [2.45, 2.75) is 18.4 Å². The summed E-state index contributed by atoms with van der Waals surface area (Å²) in [5, 5.41) is 1.31. The molecular weight excluding hydrogens is 279 g/mol. The standard InChI is InChI=1S/C11H10BrClO2/c12-7-11(6-5-10(14)15-11)8-1-3-9(13)4-2-8/h1-4H,5-7H2. The number of esters is 1. The van der Waals surface area contributed by atoms with E-state index in [1.807, 2.05) is 24.3 Å². The van der Waals surface area contributed by atoms with Gasteiger partial charge in [0.15, 0.2) is 0 Å². The van der Waals surface area contributed by atoms with Crippen LogP contribution >= 0.6 is 27.5 Å². The first kappa shape index (κ1) is 11.0. The van der Waals surface area contributed by atoms with Gasteiger partial charge in [-0.1, -0.05) is 39.7 Å². The Morgan fingerprint density at radius 2 is 2.07 bits per heavy atom. The molecule has 0 aromatic heterocycles. The van der Waals surface area contributed by atoms with Gasteiger partial charge in [0, 0.05) is 23.2 Å². The lowest BCUT2D eigenvalue weighted by Crippen LogP contribution is -2.27. The smallest absolute Gasteiger partial charge is 0.306 e. The molecule has 0 N–H and O–H groups in total. The molecule has 0 amide bonds. The number of alkyl halides is 1. The molecule has 2 nitrogen and oxygen atoms in total. The van der Waals surface area contributed by atoms with Gasteiger partial charge in [0.1, 0.15) is 5.60 Å². The van der Waals surface area contributed by atoms with Crippen molar-refractivity contribution in [1.29, 1.82) is 0 Å². The number of carbonyl (C=O) groups is 1. The van der Waals surface area contributed by atoms with Crippen molar-refractivity contribution in [3.63, 3.8) is 0 Å². The average molecular weight is 290 g/mol. The first-order valence-electron chi connectivity index (χ1n) is 4.70. The number of hydrogen-bond acceptors (Lipinski definition) is 2. The SMILES string of the molecule is O=C1CCC(CBr)(c2ccc(Cl)cc2)O1. The molecule has 1 aromatic rings. The number of cyclic esters (lactones) is 1. The normalized spacial score (nSPS) is 25.3. The lowest BCUT2D eigenvalue weighted by Gasteiger charge is -2.25. The Hall–Kier alpha value is -0.540. The Balaban J connectivity index is 2.34. The van der Waals surface area contributed by atoms with Gasteiger partial charge in [-0.25, -0.2) is 0 Å². The molecule has 0 radical (unpaired) electrons. The van der Waals surface area contributed by atoms with E-state index in [4.69, 9.17) is 16.3 Å². The summed E-state index contributed by atoms with van der Waals surface area (Å²) in [5.74, 6) is -0.135. The molecule has 1 unspecified atom stereocenters. The molecule has 80 valence electrons. The van der Waals surface area contributed by atoms with Crippen molar-refractivity contribution < 1.29 is 9.53 Å². The molecule has 1 aliphatic rings. The maximum absolute atomic E-state index is 11.2. The van der Waals surface area contributed by atoms with Crippen molar-refractivity contribution in [1.82, 2.24) is 0 Å². The molecular formula is C11H10BrClO2. The second-order valence-corrected chi connectivity index (χ2v) is 4.61. The highest BCUT2D eigenvalue weighted by Crippen LogP contribution is 2.38. The van der Waals surface area contributed by atoms with Crippen LogP contribution in [0.15, 0.2) is 24.3 Å². The average Bonchev–Trinajstić information content (AvgIpc) is 2.62. The van der Waals surface area contributed by atoms with E-state index in [1.54, 1.807) is 0 Å². The minimum Gasteiger partial charge on any atom is -0.453 e. The molecule has 2 rings (SSSR count). The highest BCUT2D eigenvalue weighted by atomic mass is 79.9. The molecule has 0 spiro atoms. The van der Waals surface area contributed by atoms with Crippen LogP contribution in [0.4, 0.5) is 0 Å². The molecule has 0 aliphatic carbocycles. The summed E-state index contributed by atoms with van der Waals surface area (Å²) >= 11 is 9.22. The Labute approximate surface area is 102 Å². The maximum Gasteiger partial charge on any atom is 0.306 e. The Morgan fingerprint density at radius 1 is 1.40 bits per heavy atom. The van der Waals surface area contributed by atoms with Crippen LogP contribution in [-0.2, 0) is 15.1 Å². The molecule has 4 heteroatoms. The first-order chi connectivity index (χ1) is 7.16. The van der Waals surface area contributed by atoms with E-state index in [1.165, 1.54) is 0 Å². The third kappa shape index (κ3) is 2.04. The number of ether oxygens (including phenoxy) is 1. The van der Waals surface area contributed by atoms with Crippen LogP contribution in [0.1, 0.15) is 18.4 Å². The number of carbonyl (C=O) groups excluding carboxylic acids is 1. The molecule has 1 fully saturated rings. The van der Waals surface area contributed by atoms with E-state index in [2.05, 4.69) is 15.9 Å². The zero-order valence-electron chi connectivity index (χ0n) is 8.00. The quantitative estimate of drug-likeness (QED) is 0.617. The second kappa shape index (κ2) is 4.14. The summed E-state index contributed by atoms with van der Waals surface area (Å²) < 4.78 is 5.40. The predicted octanol–water partition coefficient (Wildman–Crippen LogP) is 3.27. The van der Waals surface area contributed by atoms with Gasteiger partial charge in [0.2, 0.25) is 0 Å². The van der Waals surface area contributed by atoms with Crippen LogP contribution in [0.25, 0.3) is 0 Å². The minimum atomic E-state index is -0.498. The molecule has 1 saturated heterocycles. The van der Waals surface area contributed by atoms with E-state index >= 15 is 0 Å². The highest BCUT2D eigenvalue weighted by molar-refractivity contribution is 9.09. The van der Waals surface area contributed by atoms with E-state index < -0.39 is 5.60 Å². The fraction of sp³-hybridized carbons (Fsp3) is 0.364. The molecule has 1 aliphatic heterocycles. The lowest BCUT2D eigenvalue weighted by molar-refractivity contribution is -0.147. The van der Waals surface area contributed by atoms with Gasteiger partial charge >= 0.3 is 5.97 Å². The van der Waals surface area contributed by atoms with Gasteiger partial charge < -0.3 is 4.74 Å². The Bertz CT molecular complexity index is 377. The van der Waals surface area contributed by atoms with Crippen molar-refractivity contribution in [3.8, 4) is 0 Å². The summed E-state index contributed by atoms with van der Waals surface area (Å²) in [6.07, 6.45) is 1.20. The lowest BCUT2D eigenvalue weighted by atomic mass is 9.93. The molecule has 1 heterocycles. The highest BCUT2D eigenvalue weighted by Gasteiger charge is 2.40. The molecule has 0 saturated carbocycles. The van der Waals surface area contributed by atoms with E-state index in [-0.39, 0.29) is 5.97 Å². The predicted molar refractivity (Wildman–Crippen MR) is 62.3 cm³/mol. The van der Waals surface area contributed by atoms with Gasteiger partial charge in [-0.2, -0.15) is 0 Å². The summed E-state index contributed by atoms with van der Waals surface area (Å²) in [5.41, 5.74) is 0.497. The zero-order valence-corrected chi connectivity index (χ0v) is 10.3. The first-order valence-corrected chi connectivity index (χ1v) is 6.20. The fourth-order valence-electron chi connectivity index (χ4n) is 1.75. The third-order valence-electron chi connectivity index (χ3n) is 2.63. The number of hydrogen-bond donors (Lipinski definition) is 0. The van der Waals surface area contributed by atoms with Crippen molar-refractivity contribution in [2.24, 2.45) is 0 Å². The van der Waals surface area contributed by atoms with Crippen LogP contribution in [0, 0.1) is 0 Å². The Kier molecular flexibility index (Phi) is 3.03. The number of rotatable bonds is 2. The van der Waals surface area contributed by atoms with Crippen molar-refractivity contribution in [3.05, 3.63) is 34.9 Å². The second-order valence-electron chi connectivity index (χ2n) is 3.61. The van der Waals surface area contributed by atoms with Crippen LogP contribution in [-0.4, -0.2) is 11.3 Å². The van der Waals surface area contributed by atoms with Crippen molar-refractivity contribution in [2.75, 3.05) is 5.33 Å². The monoisotopic (exact) mass is 288 g/mol. The zero-order chi connectivity index (χ0) is 10.9. The van der Waals surface area contributed by atoms with Crippen molar-refractivity contribution >= 4 is 33.5 Å². The van der Waals surface area contributed by atoms with Gasteiger partial charge in [0.25, 0.3) is 0 Å². The number of halogens is 2. The third-order valence-corrected chi connectivity index (χ3v) is 3.79. The maximum atomic E-state index is 11.2. The van der Waals surface area contributed by atoms with Gasteiger partial charge in [-0.3, -0.25) is 4.79 Å². The van der Waals surface area contributed by atoms with Crippen LogP contribution in [0.3, 0.4) is 0 Å². The van der Waals surface area contributed by atoms with Gasteiger partial charge in [-0.15, -0.1) is 0 Å². The summed E-state index contributed by atoms with van der Waals surface area (Å²) in [4.78, 5) is 11.2. The van der Waals surface area contributed by atoms with E-state index in [9.17, 15) is 4.79 Å². The van der Waals surface area contributed by atoms with E-state index in [0.29, 0.717) is 16.8 Å². The summed E-state index contributed by atoms with van der Waals surface area (Å²) in [7, 11) is 0.